The van der Waals surface area contributed by atoms with Gasteiger partial charge >= 0.3 is 31.1 Å². The van der Waals surface area contributed by atoms with E-state index in [9.17, 15) is 0 Å². The second-order valence-electron chi connectivity index (χ2n) is 4.88. The Morgan fingerprint density at radius 2 is 0.282 bits per heavy atom. The van der Waals surface area contributed by atoms with Crippen molar-refractivity contribution in [2.45, 2.75) is 125 Å². The average molecular weight is 773 g/mol. The Bertz CT molecular complexity index is 324. The molecule has 0 radical (unpaired) electrons. The maximum atomic E-state index is 2.12. The fraction of sp³-hybridized carbons (Fsp3) is 0.474. The topological polar surface area (TPSA) is 0 Å². The maximum Gasteiger partial charge on any atom is 2.00 e. The van der Waals surface area contributed by atoms with E-state index in [1.165, 1.54) is 12.8 Å². The number of hydrogen-bond donors (Lipinski definition) is 0. The maximum absolute atomic E-state index is 2.12. The van der Waals surface area contributed by atoms with Crippen molar-refractivity contribution in [2.75, 3.05) is 0 Å². The van der Waals surface area contributed by atoms with E-state index in [2.05, 4.69) is 27.7 Å². The summed E-state index contributed by atoms with van der Waals surface area (Å²) in [5.41, 5.74) is 0. The molecule has 1 heteroatoms. The molecule has 0 atom stereocenters. The molecule has 0 aliphatic rings. The van der Waals surface area contributed by atoms with Crippen molar-refractivity contribution in [1.29, 1.82) is 0 Å². The number of benzene rings is 3. The Morgan fingerprint density at radius 3 is 0.308 bits per heavy atom. The Kier molecular flexibility index (Phi) is 264. The third kappa shape index (κ3) is 158. The van der Waals surface area contributed by atoms with Crippen LogP contribution in [0.2, 0.25) is 0 Å². The van der Waals surface area contributed by atoms with Crippen LogP contribution in [0.25, 0.3) is 0 Å². The summed E-state index contributed by atoms with van der Waals surface area (Å²) in [7, 11) is 0. The molecule has 0 fully saturated rings. The molecular formula is C38H78U. The van der Waals surface area contributed by atoms with Crippen LogP contribution in [0.3, 0.4) is 0 Å². The van der Waals surface area contributed by atoms with E-state index < -0.39 is 0 Å². The number of rotatable bonds is 0. The molecule has 0 aliphatic heterocycles. The minimum atomic E-state index is 0. The van der Waals surface area contributed by atoms with Gasteiger partial charge in [0.1, 0.15) is 0 Å². The van der Waals surface area contributed by atoms with Crippen molar-refractivity contribution < 1.29 is 31.1 Å². The zero-order valence-corrected chi connectivity index (χ0v) is 32.5. The van der Waals surface area contributed by atoms with E-state index in [0.29, 0.717) is 0 Å². The summed E-state index contributed by atoms with van der Waals surface area (Å²) >= 11 is 0. The zero-order chi connectivity index (χ0) is 28.1. The molecule has 0 heterocycles. The summed E-state index contributed by atoms with van der Waals surface area (Å²) in [6, 6.07) is 36.0. The number of hydrogen-bond acceptors (Lipinski definition) is 0. The van der Waals surface area contributed by atoms with E-state index in [1.807, 2.05) is 178 Å². The molecule has 0 unspecified atom stereocenters. The molecule has 0 nitrogen and oxygen atoms in total. The summed E-state index contributed by atoms with van der Waals surface area (Å²) in [6.45, 7) is 28.5. The van der Waals surface area contributed by atoms with Gasteiger partial charge in [0.15, 0.2) is 0 Å². The summed E-state index contributed by atoms with van der Waals surface area (Å²) in [4.78, 5) is 0. The van der Waals surface area contributed by atoms with Gasteiger partial charge in [-0.2, -0.15) is 0 Å². The van der Waals surface area contributed by atoms with Gasteiger partial charge in [0.2, 0.25) is 0 Å². The summed E-state index contributed by atoms with van der Waals surface area (Å²) < 4.78 is 0. The van der Waals surface area contributed by atoms with Gasteiger partial charge in [-0.05, 0) is 0 Å². The van der Waals surface area contributed by atoms with Crippen molar-refractivity contribution in [3.63, 3.8) is 0 Å². The first-order valence-corrected chi connectivity index (χ1v) is 13.8. The monoisotopic (exact) mass is 773 g/mol. The second kappa shape index (κ2) is 134. The van der Waals surface area contributed by atoms with Crippen LogP contribution in [-0.2, 0) is 0 Å². The van der Waals surface area contributed by atoms with Crippen LogP contribution >= 0.6 is 0 Å². The summed E-state index contributed by atoms with van der Waals surface area (Å²) in [5.74, 6) is 0. The van der Waals surface area contributed by atoms with Gasteiger partial charge in [-0.3, -0.25) is 0 Å². The molecule has 0 bridgehead atoms. The molecule has 0 aliphatic carbocycles. The first kappa shape index (κ1) is 76.9. The molecule has 3 rings (SSSR count). The van der Waals surface area contributed by atoms with Gasteiger partial charge in [0.05, 0.1) is 0 Å². The summed E-state index contributed by atoms with van der Waals surface area (Å²) in [6.07, 6.45) is 2.50. The molecule has 39 heavy (non-hydrogen) atoms. The Hall–Kier alpha value is -1.29. The SMILES string of the molecule is C.C.CC.CC.CC.CC.CC.CCC.CCC.[CH3-].[CH3-].[U+2].c1ccccc1.c1ccccc1.c1ccccc1. The normalized spacial score (nSPS) is 5.38. The molecule has 0 spiro atoms. The molecule has 3 aromatic carbocycles. The molecule has 0 amide bonds. The van der Waals surface area contributed by atoms with Crippen LogP contribution in [0.15, 0.2) is 109 Å². The molecule has 0 saturated carbocycles. The predicted molar refractivity (Wildman–Crippen MR) is 194 cm³/mol. The van der Waals surface area contributed by atoms with E-state index in [0.717, 1.165) is 0 Å². The van der Waals surface area contributed by atoms with Crippen LogP contribution in [0.4, 0.5) is 0 Å². The average Bonchev–Trinajstić information content (AvgIpc) is 2.98. The first-order valence-electron chi connectivity index (χ1n) is 13.8. The Morgan fingerprint density at radius 1 is 0.256 bits per heavy atom. The van der Waals surface area contributed by atoms with Gasteiger partial charge in [0.25, 0.3) is 0 Å². The zero-order valence-electron chi connectivity index (χ0n) is 28.3. The Balaban J connectivity index is -0.0000000214. The minimum absolute atomic E-state index is 0. The third-order valence-corrected chi connectivity index (χ3v) is 2.00. The Labute approximate surface area is 278 Å². The van der Waals surface area contributed by atoms with Crippen LogP contribution in [0.1, 0.15) is 125 Å². The minimum Gasteiger partial charge on any atom is -0.358 e. The summed E-state index contributed by atoms with van der Waals surface area (Å²) in [5, 5.41) is 0. The van der Waals surface area contributed by atoms with Crippen LogP contribution in [0, 0.1) is 46.0 Å². The van der Waals surface area contributed by atoms with Crippen molar-refractivity contribution >= 4 is 0 Å². The van der Waals surface area contributed by atoms with E-state index in [1.54, 1.807) is 0 Å². The fourth-order valence-electron chi connectivity index (χ4n) is 1.15. The molecule has 234 valence electrons. The van der Waals surface area contributed by atoms with Crippen molar-refractivity contribution in [2.24, 2.45) is 0 Å². The standard InChI is InChI=1S/3C6H6.2C3H8.5C2H6.2CH4.2CH3.U/c3*1-2-4-6-5-3-1;2*1-3-2;5*1-2;;;;;/h3*1-6H;2*3H2,1-2H3;5*1-2H3;2*1H4;2*1H3;/q;;;;;;;;;;;;2*-1;+2. The fourth-order valence-corrected chi connectivity index (χ4v) is 1.15. The van der Waals surface area contributed by atoms with Crippen molar-refractivity contribution in [3.05, 3.63) is 124 Å². The van der Waals surface area contributed by atoms with E-state index in [4.69, 9.17) is 0 Å². The van der Waals surface area contributed by atoms with Gasteiger partial charge in [-0.15, -0.1) is 0 Å². The quantitative estimate of drug-likeness (QED) is 0.200. The van der Waals surface area contributed by atoms with Crippen LogP contribution in [0.5, 0.6) is 0 Å². The van der Waals surface area contributed by atoms with Gasteiger partial charge in [-0.25, -0.2) is 0 Å². The largest absolute Gasteiger partial charge is 2.00 e. The molecule has 0 aromatic heterocycles. The predicted octanol–water partition coefficient (Wildman–Crippen LogP) is 15.2. The molecular weight excluding hydrogens is 694 g/mol. The smallest absolute Gasteiger partial charge is 0.358 e. The second-order valence-corrected chi connectivity index (χ2v) is 4.88. The first-order chi connectivity index (χ1) is 16.8. The third-order valence-electron chi connectivity index (χ3n) is 2.00. The molecule has 0 saturated heterocycles. The van der Waals surface area contributed by atoms with Crippen LogP contribution < -0.4 is 0 Å². The van der Waals surface area contributed by atoms with Crippen molar-refractivity contribution in [3.8, 4) is 0 Å². The van der Waals surface area contributed by atoms with E-state index >= 15 is 0 Å². The molecule has 3 aromatic rings. The van der Waals surface area contributed by atoms with Crippen molar-refractivity contribution in [1.82, 2.24) is 0 Å². The van der Waals surface area contributed by atoms with Crippen LogP contribution in [-0.4, -0.2) is 0 Å². The van der Waals surface area contributed by atoms with E-state index in [-0.39, 0.29) is 60.8 Å². The van der Waals surface area contributed by atoms with Gasteiger partial charge in [0, 0.05) is 0 Å². The van der Waals surface area contributed by atoms with Gasteiger partial charge in [-0.1, -0.05) is 234 Å². The van der Waals surface area contributed by atoms with Gasteiger partial charge < -0.3 is 14.9 Å². The molecule has 0 N–H and O–H groups in total.